The van der Waals surface area contributed by atoms with E-state index in [0.29, 0.717) is 12.4 Å². The van der Waals surface area contributed by atoms with Crippen LogP contribution in [0.4, 0.5) is 0 Å². The van der Waals surface area contributed by atoms with Crippen molar-refractivity contribution in [2.24, 2.45) is 0 Å². The van der Waals surface area contributed by atoms with E-state index in [1.165, 1.54) is 0 Å². The Morgan fingerprint density at radius 3 is 2.94 bits per heavy atom. The van der Waals surface area contributed by atoms with Crippen molar-refractivity contribution in [3.05, 3.63) is 12.4 Å². The molecule has 90 valence electrons. The summed E-state index contributed by atoms with van der Waals surface area (Å²) in [6.45, 7) is 6.71. The lowest BCUT2D eigenvalue weighted by atomic mass is 10.4. The number of hydrogen-bond acceptors (Lipinski definition) is 4. The number of rotatable bonds is 6. The van der Waals surface area contributed by atoms with Gasteiger partial charge in [0, 0.05) is 6.54 Å². The Balaban J connectivity index is 2.48. The summed E-state index contributed by atoms with van der Waals surface area (Å²) >= 11 is 0. The molecule has 5 heteroatoms. The second-order valence-electron chi connectivity index (χ2n) is 3.45. The van der Waals surface area contributed by atoms with Gasteiger partial charge in [-0.25, -0.2) is 4.79 Å². The molecule has 0 amide bonds. The van der Waals surface area contributed by atoms with E-state index in [1.807, 2.05) is 0 Å². The molecule has 16 heavy (non-hydrogen) atoms. The van der Waals surface area contributed by atoms with Crippen molar-refractivity contribution in [1.29, 1.82) is 0 Å². The first-order chi connectivity index (χ1) is 7.67. The van der Waals surface area contributed by atoms with E-state index in [1.54, 1.807) is 30.9 Å². The average Bonchev–Trinajstić information content (AvgIpc) is 2.66. The number of nitrogens with zero attached hydrogens (tertiary/aromatic N) is 2. The third-order valence-electron chi connectivity index (χ3n) is 1.99. The van der Waals surface area contributed by atoms with E-state index in [4.69, 9.17) is 9.47 Å². The molecule has 1 aromatic heterocycles. The van der Waals surface area contributed by atoms with Gasteiger partial charge >= 0.3 is 5.97 Å². The highest BCUT2D eigenvalue weighted by Crippen LogP contribution is 2.11. The van der Waals surface area contributed by atoms with Crippen LogP contribution in [0.5, 0.6) is 5.75 Å². The van der Waals surface area contributed by atoms with E-state index in [2.05, 4.69) is 12.0 Å². The van der Waals surface area contributed by atoms with E-state index >= 15 is 0 Å². The van der Waals surface area contributed by atoms with Crippen LogP contribution in [0.25, 0.3) is 0 Å². The van der Waals surface area contributed by atoms with Crippen molar-refractivity contribution in [3.63, 3.8) is 0 Å². The lowest BCUT2D eigenvalue weighted by Crippen LogP contribution is -2.25. The molecule has 1 rings (SSSR count). The number of ether oxygens (including phenoxy) is 2. The first kappa shape index (κ1) is 12.5. The van der Waals surface area contributed by atoms with Gasteiger partial charge in [0.05, 0.1) is 19.0 Å². The zero-order chi connectivity index (χ0) is 12.0. The van der Waals surface area contributed by atoms with Crippen LogP contribution in [0.3, 0.4) is 0 Å². The first-order valence-corrected chi connectivity index (χ1v) is 5.53. The second-order valence-corrected chi connectivity index (χ2v) is 3.45. The molecular formula is C11H18N2O3. The van der Waals surface area contributed by atoms with E-state index in [0.717, 1.165) is 13.0 Å². The molecule has 0 aliphatic rings. The molecule has 0 saturated heterocycles. The molecule has 0 N–H and O–H groups in total. The fourth-order valence-electron chi connectivity index (χ4n) is 1.27. The molecule has 0 aliphatic heterocycles. The van der Waals surface area contributed by atoms with Crippen LogP contribution >= 0.6 is 0 Å². The summed E-state index contributed by atoms with van der Waals surface area (Å²) in [5, 5.41) is 4.10. The van der Waals surface area contributed by atoms with Gasteiger partial charge in [-0.1, -0.05) is 6.92 Å². The lowest BCUT2D eigenvalue weighted by Gasteiger charge is -2.11. The zero-order valence-electron chi connectivity index (χ0n) is 9.97. The molecule has 1 atom stereocenters. The summed E-state index contributed by atoms with van der Waals surface area (Å²) < 4.78 is 12.0. The molecule has 1 heterocycles. The molecule has 0 aliphatic carbocycles. The van der Waals surface area contributed by atoms with Gasteiger partial charge in [0.25, 0.3) is 0 Å². The monoisotopic (exact) mass is 226 g/mol. The molecular weight excluding hydrogens is 208 g/mol. The molecule has 0 spiro atoms. The third-order valence-corrected chi connectivity index (χ3v) is 1.99. The van der Waals surface area contributed by atoms with E-state index in [-0.39, 0.29) is 5.97 Å². The van der Waals surface area contributed by atoms with Crippen LogP contribution in [0, 0.1) is 0 Å². The van der Waals surface area contributed by atoms with Crippen LogP contribution < -0.4 is 4.74 Å². The normalized spacial score (nSPS) is 12.2. The minimum absolute atomic E-state index is 0.356. The highest BCUT2D eigenvalue weighted by molar-refractivity contribution is 5.74. The Labute approximate surface area is 95.3 Å². The number of hydrogen-bond donors (Lipinski definition) is 0. The molecule has 0 fully saturated rings. The summed E-state index contributed by atoms with van der Waals surface area (Å²) in [7, 11) is 0. The van der Waals surface area contributed by atoms with Crippen LogP contribution in [0.15, 0.2) is 12.4 Å². The Morgan fingerprint density at radius 1 is 1.56 bits per heavy atom. The summed E-state index contributed by atoms with van der Waals surface area (Å²) in [6, 6.07) is 0. The van der Waals surface area contributed by atoms with Crippen molar-refractivity contribution >= 4 is 5.97 Å². The zero-order valence-corrected chi connectivity index (χ0v) is 9.97. The topological polar surface area (TPSA) is 53.4 Å². The van der Waals surface area contributed by atoms with Crippen molar-refractivity contribution < 1.29 is 14.3 Å². The quantitative estimate of drug-likeness (QED) is 0.692. The molecule has 1 aromatic rings. The minimum Gasteiger partial charge on any atom is -0.476 e. The Bertz CT molecular complexity index is 336. The van der Waals surface area contributed by atoms with Crippen LogP contribution in [-0.4, -0.2) is 28.5 Å². The number of aryl methyl sites for hydroxylation is 1. The smallest absolute Gasteiger partial charge is 0.347 e. The highest BCUT2D eigenvalue weighted by atomic mass is 16.6. The number of aromatic nitrogens is 2. The average molecular weight is 226 g/mol. The molecule has 5 nitrogen and oxygen atoms in total. The van der Waals surface area contributed by atoms with Crippen molar-refractivity contribution in [2.45, 2.75) is 39.8 Å². The summed E-state index contributed by atoms with van der Waals surface area (Å²) in [6.07, 6.45) is 3.79. The van der Waals surface area contributed by atoms with E-state index < -0.39 is 6.10 Å². The lowest BCUT2D eigenvalue weighted by molar-refractivity contribution is -0.150. The van der Waals surface area contributed by atoms with Gasteiger partial charge in [0.1, 0.15) is 0 Å². The van der Waals surface area contributed by atoms with Crippen molar-refractivity contribution in [3.8, 4) is 5.75 Å². The number of esters is 1. The SMILES string of the molecule is CCCn1cc(OC(C)C(=O)OCC)cn1. The number of carbonyl (C=O) groups excluding carboxylic acids is 1. The molecule has 0 bridgehead atoms. The van der Waals surface area contributed by atoms with Gasteiger partial charge < -0.3 is 9.47 Å². The summed E-state index contributed by atoms with van der Waals surface area (Å²) in [4.78, 5) is 11.3. The summed E-state index contributed by atoms with van der Waals surface area (Å²) in [5.74, 6) is 0.236. The number of carbonyl (C=O) groups is 1. The molecule has 0 radical (unpaired) electrons. The van der Waals surface area contributed by atoms with Gasteiger partial charge in [0.15, 0.2) is 11.9 Å². The highest BCUT2D eigenvalue weighted by Gasteiger charge is 2.16. The maximum atomic E-state index is 11.3. The maximum absolute atomic E-state index is 11.3. The fourth-order valence-corrected chi connectivity index (χ4v) is 1.27. The minimum atomic E-state index is -0.598. The maximum Gasteiger partial charge on any atom is 0.347 e. The Hall–Kier alpha value is -1.52. The Kier molecular flexibility index (Phi) is 4.82. The third kappa shape index (κ3) is 3.56. The van der Waals surface area contributed by atoms with Gasteiger partial charge in [-0.15, -0.1) is 0 Å². The van der Waals surface area contributed by atoms with E-state index in [9.17, 15) is 4.79 Å². The van der Waals surface area contributed by atoms with Gasteiger partial charge in [-0.05, 0) is 20.3 Å². The van der Waals surface area contributed by atoms with Gasteiger partial charge in [0.2, 0.25) is 0 Å². The van der Waals surface area contributed by atoms with Crippen molar-refractivity contribution in [1.82, 2.24) is 9.78 Å². The summed E-state index contributed by atoms with van der Waals surface area (Å²) in [5.41, 5.74) is 0. The second kappa shape index (κ2) is 6.15. The van der Waals surface area contributed by atoms with Crippen molar-refractivity contribution in [2.75, 3.05) is 6.61 Å². The van der Waals surface area contributed by atoms with Crippen LogP contribution in [-0.2, 0) is 16.1 Å². The predicted molar refractivity (Wildman–Crippen MR) is 59.2 cm³/mol. The van der Waals surface area contributed by atoms with Gasteiger partial charge in [-0.3, -0.25) is 4.68 Å². The Morgan fingerprint density at radius 2 is 2.31 bits per heavy atom. The fraction of sp³-hybridized carbons (Fsp3) is 0.636. The largest absolute Gasteiger partial charge is 0.476 e. The predicted octanol–water partition coefficient (Wildman–Crippen LogP) is 1.62. The standard InChI is InChI=1S/C11H18N2O3/c1-4-6-13-8-10(7-12-13)16-9(3)11(14)15-5-2/h7-9H,4-6H2,1-3H3. The molecule has 0 saturated carbocycles. The first-order valence-electron chi connectivity index (χ1n) is 5.53. The van der Waals surface area contributed by atoms with Gasteiger partial charge in [-0.2, -0.15) is 5.10 Å². The van der Waals surface area contributed by atoms with Crippen LogP contribution in [0.1, 0.15) is 27.2 Å². The van der Waals surface area contributed by atoms with Crippen LogP contribution in [0.2, 0.25) is 0 Å². The molecule has 0 aromatic carbocycles. The molecule has 1 unspecified atom stereocenters.